The van der Waals surface area contributed by atoms with E-state index < -0.39 is 0 Å². The number of anilines is 2. The molecule has 2 aromatic carbocycles. The minimum atomic E-state index is 0.412. The number of nitrogens with one attached hydrogen (secondary N) is 2. The van der Waals surface area contributed by atoms with E-state index in [1.54, 1.807) is 11.0 Å². The number of ether oxygens (including phenoxy) is 1. The lowest BCUT2D eigenvalue weighted by molar-refractivity contribution is 0.340. The van der Waals surface area contributed by atoms with Gasteiger partial charge in [0.2, 0.25) is 5.95 Å². The minimum Gasteiger partial charge on any atom is -0.494 e. The molecule has 0 aliphatic rings. The molecule has 1 aromatic heterocycles. The van der Waals surface area contributed by atoms with Gasteiger partial charge in [-0.25, -0.2) is 9.67 Å². The lowest BCUT2D eigenvalue weighted by Crippen LogP contribution is -2.20. The van der Waals surface area contributed by atoms with Gasteiger partial charge in [0.15, 0.2) is 5.11 Å². The van der Waals surface area contributed by atoms with Crippen LogP contribution in [0.5, 0.6) is 5.75 Å². The highest BCUT2D eigenvalue weighted by Gasteiger charge is 2.05. The Bertz CT molecular complexity index is 881. The van der Waals surface area contributed by atoms with E-state index in [1.165, 1.54) is 0 Å². The fraction of sp³-hybridized carbons (Fsp3) is 0.167. The number of hydrogen-bond donors (Lipinski definition) is 2. The maximum Gasteiger partial charge on any atom is 0.248 e. The molecule has 3 aromatic rings. The van der Waals surface area contributed by atoms with Crippen molar-refractivity contribution >= 4 is 40.6 Å². The molecule has 0 radical (unpaired) electrons. The van der Waals surface area contributed by atoms with Gasteiger partial charge in [-0.3, -0.25) is 5.32 Å². The van der Waals surface area contributed by atoms with Gasteiger partial charge in [-0.05, 0) is 61.1 Å². The van der Waals surface area contributed by atoms with Crippen LogP contribution in [0, 0.1) is 0 Å². The summed E-state index contributed by atoms with van der Waals surface area (Å²) in [6, 6.07) is 15.2. The first-order chi connectivity index (χ1) is 12.6. The third-order valence-corrected chi connectivity index (χ3v) is 3.86. The van der Waals surface area contributed by atoms with Crippen LogP contribution in [0.1, 0.15) is 12.5 Å². The first kappa shape index (κ1) is 18.2. The Hall–Kier alpha value is -2.64. The van der Waals surface area contributed by atoms with Crippen LogP contribution in [0.25, 0.3) is 0 Å². The van der Waals surface area contributed by atoms with E-state index in [4.69, 9.17) is 28.6 Å². The van der Waals surface area contributed by atoms with Crippen LogP contribution < -0.4 is 15.4 Å². The Balaban J connectivity index is 1.55. The molecule has 0 saturated heterocycles. The monoisotopic (exact) mass is 387 g/mol. The summed E-state index contributed by atoms with van der Waals surface area (Å²) in [6.07, 6.45) is 1.64. The number of nitrogens with zero attached hydrogens (tertiary/aromatic N) is 3. The molecule has 0 atom stereocenters. The maximum atomic E-state index is 6.00. The Morgan fingerprint density at radius 3 is 2.73 bits per heavy atom. The second-order valence-corrected chi connectivity index (χ2v) is 6.28. The third kappa shape index (κ3) is 5.18. The van der Waals surface area contributed by atoms with Gasteiger partial charge in [0, 0.05) is 10.7 Å². The summed E-state index contributed by atoms with van der Waals surface area (Å²) in [5.74, 6) is 1.24. The molecule has 0 unspecified atom stereocenters. The Morgan fingerprint density at radius 1 is 1.19 bits per heavy atom. The first-order valence-electron chi connectivity index (χ1n) is 8.07. The van der Waals surface area contributed by atoms with Crippen LogP contribution in [-0.4, -0.2) is 26.5 Å². The molecule has 0 spiro atoms. The third-order valence-electron chi connectivity index (χ3n) is 3.42. The van der Waals surface area contributed by atoms with Crippen LogP contribution in [0.4, 0.5) is 11.6 Å². The normalized spacial score (nSPS) is 10.4. The highest BCUT2D eigenvalue weighted by atomic mass is 35.5. The van der Waals surface area contributed by atoms with Crippen molar-refractivity contribution in [3.63, 3.8) is 0 Å². The van der Waals surface area contributed by atoms with Crippen molar-refractivity contribution in [1.82, 2.24) is 14.8 Å². The van der Waals surface area contributed by atoms with Crippen LogP contribution in [0.15, 0.2) is 54.9 Å². The molecule has 0 fully saturated rings. The van der Waals surface area contributed by atoms with Crippen LogP contribution >= 0.6 is 23.8 Å². The van der Waals surface area contributed by atoms with Crippen molar-refractivity contribution < 1.29 is 4.74 Å². The largest absolute Gasteiger partial charge is 0.494 e. The topological polar surface area (TPSA) is 64.0 Å². The van der Waals surface area contributed by atoms with E-state index in [2.05, 4.69) is 20.7 Å². The van der Waals surface area contributed by atoms with Gasteiger partial charge >= 0.3 is 0 Å². The average Bonchev–Trinajstić information content (AvgIpc) is 3.03. The van der Waals surface area contributed by atoms with E-state index in [0.29, 0.717) is 29.2 Å². The van der Waals surface area contributed by atoms with E-state index in [-0.39, 0.29) is 0 Å². The molecule has 0 aliphatic carbocycles. The van der Waals surface area contributed by atoms with Crippen LogP contribution in [0.2, 0.25) is 5.02 Å². The maximum absolute atomic E-state index is 6.00. The lowest BCUT2D eigenvalue weighted by atomic mass is 10.2. The molecule has 3 rings (SSSR count). The summed E-state index contributed by atoms with van der Waals surface area (Å²) < 4.78 is 7.13. The van der Waals surface area contributed by atoms with E-state index in [0.717, 1.165) is 17.0 Å². The molecule has 2 N–H and O–H groups in total. The zero-order chi connectivity index (χ0) is 18.4. The van der Waals surface area contributed by atoms with Gasteiger partial charge in [-0.15, -0.1) is 5.10 Å². The molecule has 0 amide bonds. The second kappa shape index (κ2) is 8.64. The Kier molecular flexibility index (Phi) is 6.04. The summed E-state index contributed by atoms with van der Waals surface area (Å²) in [6.45, 7) is 3.16. The summed E-state index contributed by atoms with van der Waals surface area (Å²) >= 11 is 11.3. The van der Waals surface area contributed by atoms with Gasteiger partial charge in [-0.1, -0.05) is 23.7 Å². The standard InChI is InChI=1S/C18H18ClN5OS/c1-2-25-16-8-6-15(7-9-16)21-18(26)22-17-20-12-24(23-17)11-13-4-3-5-14(19)10-13/h3-10,12H,2,11H2,1H3,(H2,21,22,23,26). The summed E-state index contributed by atoms with van der Waals surface area (Å²) in [7, 11) is 0. The van der Waals surface area contributed by atoms with Crippen LogP contribution in [-0.2, 0) is 6.54 Å². The summed E-state index contributed by atoms with van der Waals surface area (Å²) in [4.78, 5) is 4.22. The SMILES string of the molecule is CCOc1ccc(NC(=S)Nc2ncn(Cc3cccc(Cl)c3)n2)cc1. The predicted molar refractivity (Wildman–Crippen MR) is 108 cm³/mol. The molecule has 1 heterocycles. The highest BCUT2D eigenvalue weighted by molar-refractivity contribution is 7.80. The molecule has 0 bridgehead atoms. The Morgan fingerprint density at radius 2 is 2.00 bits per heavy atom. The Labute approximate surface area is 162 Å². The smallest absolute Gasteiger partial charge is 0.248 e. The zero-order valence-corrected chi connectivity index (χ0v) is 15.7. The van der Waals surface area contributed by atoms with Crippen molar-refractivity contribution in [3.8, 4) is 5.75 Å². The molecule has 0 saturated carbocycles. The van der Waals surface area contributed by atoms with Crippen molar-refractivity contribution in [2.75, 3.05) is 17.2 Å². The quantitative estimate of drug-likeness (QED) is 0.618. The zero-order valence-electron chi connectivity index (χ0n) is 14.1. The van der Waals surface area contributed by atoms with Crippen molar-refractivity contribution in [2.24, 2.45) is 0 Å². The fourth-order valence-electron chi connectivity index (χ4n) is 2.32. The molecule has 26 heavy (non-hydrogen) atoms. The van der Waals surface area contributed by atoms with Crippen molar-refractivity contribution in [2.45, 2.75) is 13.5 Å². The van der Waals surface area contributed by atoms with Gasteiger partial charge in [-0.2, -0.15) is 0 Å². The van der Waals surface area contributed by atoms with Crippen LogP contribution in [0.3, 0.4) is 0 Å². The average molecular weight is 388 g/mol. The highest BCUT2D eigenvalue weighted by Crippen LogP contribution is 2.16. The van der Waals surface area contributed by atoms with Gasteiger partial charge in [0.1, 0.15) is 12.1 Å². The molecule has 134 valence electrons. The second-order valence-electron chi connectivity index (χ2n) is 5.43. The number of thiocarbonyl (C=S) groups is 1. The van der Waals surface area contributed by atoms with E-state index in [1.807, 2.05) is 55.5 Å². The molecular weight excluding hydrogens is 370 g/mol. The number of hydrogen-bond acceptors (Lipinski definition) is 4. The number of rotatable bonds is 6. The number of halogens is 1. The van der Waals surface area contributed by atoms with E-state index >= 15 is 0 Å². The van der Waals surface area contributed by atoms with Gasteiger partial charge < -0.3 is 10.1 Å². The minimum absolute atomic E-state index is 0.412. The van der Waals surface area contributed by atoms with Crippen molar-refractivity contribution in [3.05, 3.63) is 65.4 Å². The van der Waals surface area contributed by atoms with Crippen molar-refractivity contribution in [1.29, 1.82) is 0 Å². The fourth-order valence-corrected chi connectivity index (χ4v) is 2.74. The van der Waals surface area contributed by atoms with Gasteiger partial charge in [0.05, 0.1) is 13.2 Å². The number of aromatic nitrogens is 3. The summed E-state index contributed by atoms with van der Waals surface area (Å²) in [5, 5.41) is 11.5. The molecular formula is C18H18ClN5OS. The van der Waals surface area contributed by atoms with Gasteiger partial charge in [0.25, 0.3) is 0 Å². The molecule has 8 heteroatoms. The predicted octanol–water partition coefficient (Wildman–Crippen LogP) is 4.19. The molecule has 0 aliphatic heterocycles. The molecule has 6 nitrogen and oxygen atoms in total. The first-order valence-corrected chi connectivity index (χ1v) is 8.86. The lowest BCUT2D eigenvalue weighted by Gasteiger charge is -2.09. The summed E-state index contributed by atoms with van der Waals surface area (Å²) in [5.41, 5.74) is 1.90. The van der Waals surface area contributed by atoms with E-state index in [9.17, 15) is 0 Å². The number of benzene rings is 2.